The number of carbonyl (C=O) groups excluding carboxylic acids is 1. The van der Waals surface area contributed by atoms with E-state index in [1.165, 1.54) is 18.2 Å². The van der Waals surface area contributed by atoms with E-state index >= 15 is 0 Å². The first-order chi connectivity index (χ1) is 8.16. The van der Waals surface area contributed by atoms with Crippen molar-refractivity contribution < 1.29 is 9.90 Å². The van der Waals surface area contributed by atoms with Crippen LogP contribution in [0, 0.1) is 0 Å². The number of nitrogens with two attached hydrogens (primary N) is 1. The SMILES string of the molecule is Nc1cc(C(=O)Nc2ccccc2)ccc1O. The molecule has 4 nitrogen and oxygen atoms in total. The molecule has 4 N–H and O–H groups in total. The average molecular weight is 228 g/mol. The maximum absolute atomic E-state index is 11.8. The summed E-state index contributed by atoms with van der Waals surface area (Å²) >= 11 is 0. The second-order valence-corrected chi connectivity index (χ2v) is 3.59. The van der Waals surface area contributed by atoms with Gasteiger partial charge in [0.15, 0.2) is 0 Å². The average Bonchev–Trinajstić information content (AvgIpc) is 2.34. The highest BCUT2D eigenvalue weighted by Crippen LogP contribution is 2.21. The second-order valence-electron chi connectivity index (χ2n) is 3.59. The van der Waals surface area contributed by atoms with Crippen LogP contribution in [-0.4, -0.2) is 11.0 Å². The number of aromatic hydroxyl groups is 1. The van der Waals surface area contributed by atoms with Gasteiger partial charge in [-0.05, 0) is 30.3 Å². The number of carbonyl (C=O) groups is 1. The van der Waals surface area contributed by atoms with E-state index in [0.717, 1.165) is 0 Å². The number of amides is 1. The van der Waals surface area contributed by atoms with Crippen molar-refractivity contribution in [3.05, 3.63) is 54.1 Å². The van der Waals surface area contributed by atoms with Crippen LogP contribution in [0.3, 0.4) is 0 Å². The van der Waals surface area contributed by atoms with Gasteiger partial charge >= 0.3 is 0 Å². The number of para-hydroxylation sites is 1. The van der Waals surface area contributed by atoms with Crippen LogP contribution in [0.15, 0.2) is 48.5 Å². The minimum Gasteiger partial charge on any atom is -0.506 e. The molecular weight excluding hydrogens is 216 g/mol. The van der Waals surface area contributed by atoms with Gasteiger partial charge in [0.25, 0.3) is 5.91 Å². The van der Waals surface area contributed by atoms with Crippen molar-refractivity contribution in [2.75, 3.05) is 11.1 Å². The van der Waals surface area contributed by atoms with Gasteiger partial charge in [0.1, 0.15) is 5.75 Å². The van der Waals surface area contributed by atoms with Crippen LogP contribution in [0.2, 0.25) is 0 Å². The van der Waals surface area contributed by atoms with Crippen LogP contribution in [0.1, 0.15) is 10.4 Å². The fourth-order valence-electron chi connectivity index (χ4n) is 1.42. The lowest BCUT2D eigenvalue weighted by Gasteiger charge is -2.06. The zero-order valence-corrected chi connectivity index (χ0v) is 9.05. The van der Waals surface area contributed by atoms with Crippen LogP contribution in [-0.2, 0) is 0 Å². The summed E-state index contributed by atoms with van der Waals surface area (Å²) in [5.41, 5.74) is 6.83. The van der Waals surface area contributed by atoms with Gasteiger partial charge < -0.3 is 16.2 Å². The predicted molar refractivity (Wildman–Crippen MR) is 66.9 cm³/mol. The van der Waals surface area contributed by atoms with Gasteiger partial charge in [0, 0.05) is 11.3 Å². The van der Waals surface area contributed by atoms with E-state index in [-0.39, 0.29) is 17.3 Å². The summed E-state index contributed by atoms with van der Waals surface area (Å²) in [7, 11) is 0. The summed E-state index contributed by atoms with van der Waals surface area (Å²) in [5, 5.41) is 12.0. The molecule has 0 aliphatic carbocycles. The summed E-state index contributed by atoms with van der Waals surface area (Å²) in [6.07, 6.45) is 0. The molecule has 0 bridgehead atoms. The molecule has 0 aliphatic heterocycles. The third-order valence-electron chi connectivity index (χ3n) is 2.32. The third kappa shape index (κ3) is 2.55. The molecule has 0 saturated carbocycles. The molecule has 0 fully saturated rings. The lowest BCUT2D eigenvalue weighted by Crippen LogP contribution is -2.11. The van der Waals surface area contributed by atoms with Crippen molar-refractivity contribution >= 4 is 17.3 Å². The Bertz CT molecular complexity index is 538. The van der Waals surface area contributed by atoms with Gasteiger partial charge in [-0.15, -0.1) is 0 Å². The van der Waals surface area contributed by atoms with Crippen molar-refractivity contribution in [1.29, 1.82) is 0 Å². The van der Waals surface area contributed by atoms with Crippen LogP contribution in [0.5, 0.6) is 5.75 Å². The molecule has 1 amide bonds. The monoisotopic (exact) mass is 228 g/mol. The Morgan fingerprint density at radius 3 is 2.47 bits per heavy atom. The van der Waals surface area contributed by atoms with E-state index in [9.17, 15) is 9.90 Å². The quantitative estimate of drug-likeness (QED) is 0.545. The number of nitrogen functional groups attached to an aromatic ring is 1. The molecule has 0 unspecified atom stereocenters. The Hall–Kier alpha value is -2.49. The van der Waals surface area contributed by atoms with Crippen LogP contribution in [0.4, 0.5) is 11.4 Å². The van der Waals surface area contributed by atoms with Crippen molar-refractivity contribution in [1.82, 2.24) is 0 Å². The molecule has 0 heterocycles. The van der Waals surface area contributed by atoms with Gasteiger partial charge in [-0.25, -0.2) is 0 Å². The second kappa shape index (κ2) is 4.57. The minimum absolute atomic E-state index is 0.0266. The highest BCUT2D eigenvalue weighted by atomic mass is 16.3. The molecule has 0 saturated heterocycles. The van der Waals surface area contributed by atoms with Gasteiger partial charge in [-0.3, -0.25) is 4.79 Å². The van der Waals surface area contributed by atoms with Crippen molar-refractivity contribution in [2.45, 2.75) is 0 Å². The summed E-state index contributed by atoms with van der Waals surface area (Å²) < 4.78 is 0. The number of rotatable bonds is 2. The van der Waals surface area contributed by atoms with Gasteiger partial charge in [-0.2, -0.15) is 0 Å². The number of nitrogens with one attached hydrogen (secondary N) is 1. The molecule has 4 heteroatoms. The predicted octanol–water partition coefficient (Wildman–Crippen LogP) is 2.23. The smallest absolute Gasteiger partial charge is 0.255 e. The number of benzene rings is 2. The molecule has 0 aliphatic rings. The Morgan fingerprint density at radius 2 is 1.82 bits per heavy atom. The zero-order valence-electron chi connectivity index (χ0n) is 9.05. The Balaban J connectivity index is 2.18. The van der Waals surface area contributed by atoms with E-state index in [4.69, 9.17) is 5.73 Å². The molecule has 0 aromatic heterocycles. The third-order valence-corrected chi connectivity index (χ3v) is 2.32. The number of hydrogen-bond donors (Lipinski definition) is 3. The molecule has 2 aromatic carbocycles. The zero-order chi connectivity index (χ0) is 12.3. The van der Waals surface area contributed by atoms with Crippen molar-refractivity contribution in [2.24, 2.45) is 0 Å². The van der Waals surface area contributed by atoms with Gasteiger partial charge in [-0.1, -0.05) is 18.2 Å². The molecule has 2 aromatic rings. The number of phenols is 1. The van der Waals surface area contributed by atoms with E-state index in [1.54, 1.807) is 12.1 Å². The van der Waals surface area contributed by atoms with Gasteiger partial charge in [0.2, 0.25) is 0 Å². The summed E-state index contributed by atoms with van der Waals surface area (Å²) in [4.78, 5) is 11.8. The first-order valence-corrected chi connectivity index (χ1v) is 5.12. The number of phenolic OH excluding ortho intramolecular Hbond substituents is 1. The molecule has 86 valence electrons. The largest absolute Gasteiger partial charge is 0.506 e. The fraction of sp³-hybridized carbons (Fsp3) is 0. The minimum atomic E-state index is -0.261. The van der Waals surface area contributed by atoms with E-state index in [2.05, 4.69) is 5.32 Å². The molecule has 2 rings (SSSR count). The maximum Gasteiger partial charge on any atom is 0.255 e. The highest BCUT2D eigenvalue weighted by Gasteiger charge is 2.07. The molecule has 0 atom stereocenters. The normalized spacial score (nSPS) is 9.88. The fourth-order valence-corrected chi connectivity index (χ4v) is 1.42. The van der Waals surface area contributed by atoms with Crippen molar-refractivity contribution in [3.63, 3.8) is 0 Å². The lowest BCUT2D eigenvalue weighted by molar-refractivity contribution is 0.102. The first kappa shape index (κ1) is 11.0. The van der Waals surface area contributed by atoms with Gasteiger partial charge in [0.05, 0.1) is 5.69 Å². The van der Waals surface area contributed by atoms with Crippen molar-refractivity contribution in [3.8, 4) is 5.75 Å². The van der Waals surface area contributed by atoms with E-state index < -0.39 is 0 Å². The Morgan fingerprint density at radius 1 is 1.12 bits per heavy atom. The summed E-state index contributed by atoms with van der Waals surface area (Å²) in [6, 6.07) is 13.5. The van der Waals surface area contributed by atoms with Crippen LogP contribution >= 0.6 is 0 Å². The van der Waals surface area contributed by atoms with Crippen LogP contribution < -0.4 is 11.1 Å². The molecule has 0 spiro atoms. The Kier molecular flexibility index (Phi) is 2.96. The number of hydrogen-bond acceptors (Lipinski definition) is 3. The van der Waals surface area contributed by atoms with Crippen LogP contribution in [0.25, 0.3) is 0 Å². The highest BCUT2D eigenvalue weighted by molar-refractivity contribution is 6.04. The number of anilines is 2. The standard InChI is InChI=1S/C13H12N2O2/c14-11-8-9(6-7-12(11)16)13(17)15-10-4-2-1-3-5-10/h1-8,16H,14H2,(H,15,17). The topological polar surface area (TPSA) is 75.4 Å². The maximum atomic E-state index is 11.8. The Labute approximate surface area is 98.7 Å². The van der Waals surface area contributed by atoms with E-state index in [1.807, 2.05) is 18.2 Å². The molecule has 17 heavy (non-hydrogen) atoms. The summed E-state index contributed by atoms with van der Waals surface area (Å²) in [6.45, 7) is 0. The van der Waals surface area contributed by atoms with E-state index in [0.29, 0.717) is 11.3 Å². The summed E-state index contributed by atoms with van der Waals surface area (Å²) in [5.74, 6) is -0.288. The first-order valence-electron chi connectivity index (χ1n) is 5.12. The molecule has 0 radical (unpaired) electrons. The molecular formula is C13H12N2O2. The lowest BCUT2D eigenvalue weighted by atomic mass is 10.1.